The van der Waals surface area contributed by atoms with Crippen LogP contribution >= 0.6 is 0 Å². The Morgan fingerprint density at radius 2 is 2.08 bits per heavy atom. The first-order valence-corrected chi connectivity index (χ1v) is 4.27. The van der Waals surface area contributed by atoms with Crippen LogP contribution in [0.4, 0.5) is 0 Å². The summed E-state index contributed by atoms with van der Waals surface area (Å²) >= 11 is 0. The fourth-order valence-corrected chi connectivity index (χ4v) is 0.875. The smallest absolute Gasteiger partial charge is 0.0232 e. The van der Waals surface area contributed by atoms with E-state index in [0.29, 0.717) is 0 Å². The van der Waals surface area contributed by atoms with Crippen molar-refractivity contribution in [2.24, 2.45) is 0 Å². The van der Waals surface area contributed by atoms with Crippen LogP contribution in [0.5, 0.6) is 0 Å². The Kier molecular flexibility index (Phi) is 5.39. The lowest BCUT2D eigenvalue weighted by molar-refractivity contribution is 0.385. The van der Waals surface area contributed by atoms with Gasteiger partial charge in [-0.25, -0.2) is 0 Å². The van der Waals surface area contributed by atoms with Crippen LogP contribution in [-0.4, -0.2) is 25.0 Å². The molecule has 1 heteroatoms. The largest absolute Gasteiger partial charge is 0.302 e. The van der Waals surface area contributed by atoms with Crippen molar-refractivity contribution >= 4 is 0 Å². The van der Waals surface area contributed by atoms with Gasteiger partial charge in [-0.15, -0.1) is 0 Å². The van der Waals surface area contributed by atoms with E-state index in [4.69, 9.17) is 0 Å². The van der Waals surface area contributed by atoms with E-state index in [1.165, 1.54) is 5.57 Å². The highest BCUT2D eigenvalue weighted by molar-refractivity contribution is 5.30. The molecule has 0 unspecified atom stereocenters. The van der Waals surface area contributed by atoms with Gasteiger partial charge in [-0.2, -0.15) is 0 Å². The molecule has 0 rings (SSSR count). The lowest BCUT2D eigenvalue weighted by Gasteiger charge is -2.16. The minimum Gasteiger partial charge on any atom is -0.302 e. The molecule has 12 heavy (non-hydrogen) atoms. The summed E-state index contributed by atoms with van der Waals surface area (Å²) in [5, 5.41) is 0. The Labute approximate surface area is 76.1 Å². The molecule has 0 aliphatic carbocycles. The van der Waals surface area contributed by atoms with Crippen LogP contribution in [0.25, 0.3) is 0 Å². The molecule has 0 heterocycles. The van der Waals surface area contributed by atoms with Crippen molar-refractivity contribution in [3.8, 4) is 0 Å². The molecule has 0 amide bonds. The highest BCUT2D eigenvalue weighted by Crippen LogP contribution is 2.07. The van der Waals surface area contributed by atoms with E-state index in [1.54, 1.807) is 0 Å². The summed E-state index contributed by atoms with van der Waals surface area (Å²) in [7, 11) is 2.10. The summed E-state index contributed by atoms with van der Waals surface area (Å²) < 4.78 is 0. The topological polar surface area (TPSA) is 3.24 Å². The summed E-state index contributed by atoms with van der Waals surface area (Å²) in [6, 6.07) is 0. The van der Waals surface area contributed by atoms with Gasteiger partial charge in [0.1, 0.15) is 0 Å². The molecule has 68 valence electrons. The second-order valence-corrected chi connectivity index (χ2v) is 3.04. The molecule has 0 fully saturated rings. The van der Waals surface area contributed by atoms with Gasteiger partial charge in [0.15, 0.2) is 0 Å². The zero-order chi connectivity index (χ0) is 9.56. The van der Waals surface area contributed by atoms with Gasteiger partial charge in [0, 0.05) is 6.54 Å². The molecule has 0 aromatic rings. The van der Waals surface area contributed by atoms with Gasteiger partial charge < -0.3 is 4.90 Å². The van der Waals surface area contributed by atoms with Crippen LogP contribution in [0.2, 0.25) is 0 Å². The zero-order valence-corrected chi connectivity index (χ0v) is 8.43. The fourth-order valence-electron chi connectivity index (χ4n) is 0.875. The summed E-state index contributed by atoms with van der Waals surface area (Å²) in [6.45, 7) is 13.8. The first-order chi connectivity index (χ1) is 5.61. The highest BCUT2D eigenvalue weighted by atomic mass is 15.1. The van der Waals surface area contributed by atoms with Gasteiger partial charge in [0.25, 0.3) is 0 Å². The predicted molar refractivity (Wildman–Crippen MR) is 56.3 cm³/mol. The van der Waals surface area contributed by atoms with Crippen LogP contribution in [0.3, 0.4) is 0 Å². The molecule has 0 aliphatic heterocycles. The molecule has 1 nitrogen and oxygen atoms in total. The number of rotatable bonds is 5. The van der Waals surface area contributed by atoms with Gasteiger partial charge in [0.05, 0.1) is 0 Å². The van der Waals surface area contributed by atoms with Gasteiger partial charge >= 0.3 is 0 Å². The third-order valence-electron chi connectivity index (χ3n) is 1.85. The number of allylic oxidation sites excluding steroid dienone is 2. The normalized spacial score (nSPS) is 11.8. The summed E-state index contributed by atoms with van der Waals surface area (Å²) in [4.78, 5) is 2.24. The van der Waals surface area contributed by atoms with Crippen LogP contribution in [0, 0.1) is 0 Å². The minimum atomic E-state index is 0.956. The number of likely N-dealkylation sites (N-methyl/N-ethyl adjacent to an activating group) is 1. The van der Waals surface area contributed by atoms with Crippen LogP contribution in [-0.2, 0) is 0 Å². The number of hydrogen-bond donors (Lipinski definition) is 0. The van der Waals surface area contributed by atoms with Crippen LogP contribution in [0.15, 0.2) is 36.5 Å². The summed E-state index contributed by atoms with van der Waals surface area (Å²) in [5.74, 6) is 0. The second-order valence-electron chi connectivity index (χ2n) is 3.04. The molecular weight excluding hydrogens is 146 g/mol. The van der Waals surface area contributed by atoms with Crippen molar-refractivity contribution in [2.45, 2.75) is 13.8 Å². The van der Waals surface area contributed by atoms with Crippen molar-refractivity contribution < 1.29 is 0 Å². The molecule has 0 radical (unpaired) electrons. The molecule has 0 saturated carbocycles. The number of hydrogen-bond acceptors (Lipinski definition) is 1. The standard InChI is InChI=1S/C11H19N/c1-6-8-11(10(3)4)9-12(5)7-2/h6,8H,1,3,7,9H2,2,4-5H3/b11-8-. The van der Waals surface area contributed by atoms with Crippen molar-refractivity contribution in [2.75, 3.05) is 20.1 Å². The van der Waals surface area contributed by atoms with Crippen LogP contribution < -0.4 is 0 Å². The lowest BCUT2D eigenvalue weighted by atomic mass is 10.1. The van der Waals surface area contributed by atoms with Crippen molar-refractivity contribution in [1.29, 1.82) is 0 Å². The van der Waals surface area contributed by atoms with E-state index in [2.05, 4.69) is 32.0 Å². The first-order valence-electron chi connectivity index (χ1n) is 4.27. The maximum atomic E-state index is 3.92. The average Bonchev–Trinajstić information content (AvgIpc) is 2.03. The van der Waals surface area contributed by atoms with Crippen molar-refractivity contribution in [1.82, 2.24) is 4.90 Å². The maximum absolute atomic E-state index is 3.92. The monoisotopic (exact) mass is 165 g/mol. The van der Waals surface area contributed by atoms with E-state index >= 15 is 0 Å². The van der Waals surface area contributed by atoms with E-state index in [0.717, 1.165) is 18.7 Å². The third kappa shape index (κ3) is 4.14. The lowest BCUT2D eigenvalue weighted by Crippen LogP contribution is -2.20. The van der Waals surface area contributed by atoms with Gasteiger partial charge in [-0.05, 0) is 26.1 Å². The summed E-state index contributed by atoms with van der Waals surface area (Å²) in [6.07, 6.45) is 3.84. The molecule has 0 atom stereocenters. The van der Waals surface area contributed by atoms with Gasteiger partial charge in [-0.3, -0.25) is 0 Å². The van der Waals surface area contributed by atoms with Crippen molar-refractivity contribution in [3.05, 3.63) is 36.5 Å². The Hall–Kier alpha value is -0.820. The highest BCUT2D eigenvalue weighted by Gasteiger charge is 2.00. The zero-order valence-electron chi connectivity index (χ0n) is 8.43. The molecule has 0 aromatic carbocycles. The summed E-state index contributed by atoms with van der Waals surface area (Å²) in [5.41, 5.74) is 2.38. The predicted octanol–water partition coefficient (Wildman–Crippen LogP) is 2.63. The molecule has 0 aromatic heterocycles. The fraction of sp³-hybridized carbons (Fsp3) is 0.455. The van der Waals surface area contributed by atoms with E-state index in [9.17, 15) is 0 Å². The molecule has 0 spiro atoms. The molecule has 0 saturated heterocycles. The maximum Gasteiger partial charge on any atom is 0.0232 e. The molecule has 0 N–H and O–H groups in total. The average molecular weight is 165 g/mol. The Morgan fingerprint density at radius 3 is 2.42 bits per heavy atom. The Morgan fingerprint density at radius 1 is 1.50 bits per heavy atom. The minimum absolute atomic E-state index is 0.956. The SMILES string of the molecule is C=C/C=C(/CN(C)CC)C(=C)C. The van der Waals surface area contributed by atoms with E-state index in [-0.39, 0.29) is 0 Å². The van der Waals surface area contributed by atoms with Gasteiger partial charge in [0.2, 0.25) is 0 Å². The number of nitrogens with zero attached hydrogens (tertiary/aromatic N) is 1. The van der Waals surface area contributed by atoms with Gasteiger partial charge in [-0.1, -0.05) is 37.8 Å². The Bertz CT molecular complexity index is 189. The van der Waals surface area contributed by atoms with E-state index < -0.39 is 0 Å². The third-order valence-corrected chi connectivity index (χ3v) is 1.85. The first kappa shape index (κ1) is 11.2. The van der Waals surface area contributed by atoms with Crippen LogP contribution in [0.1, 0.15) is 13.8 Å². The molecular formula is C11H19N. The molecule has 0 bridgehead atoms. The van der Waals surface area contributed by atoms with Crippen molar-refractivity contribution in [3.63, 3.8) is 0 Å². The Balaban J connectivity index is 4.24. The van der Waals surface area contributed by atoms with E-state index in [1.807, 2.05) is 19.1 Å². The molecule has 0 aliphatic rings. The second kappa shape index (κ2) is 5.78. The quantitative estimate of drug-likeness (QED) is 0.566.